The van der Waals surface area contributed by atoms with E-state index >= 15 is 0 Å². The molecule has 0 saturated carbocycles. The number of halogens is 1. The third-order valence-electron chi connectivity index (χ3n) is 2.56. The molecule has 110 valence electrons. The standard InChI is InChI=1S/C14H18FNO4/c1-3-20-13(17)5-4-8-16-14(18)10-6-7-11(15)12(9-10)19-2/h6-7,9H,3-5,8H2,1-2H3,(H,16,18). The molecule has 0 fully saturated rings. The van der Waals surface area contributed by atoms with E-state index in [0.717, 1.165) is 0 Å². The summed E-state index contributed by atoms with van der Waals surface area (Å²) < 4.78 is 22.8. The molecule has 1 rings (SSSR count). The van der Waals surface area contributed by atoms with Crippen LogP contribution in [0.25, 0.3) is 0 Å². The number of ether oxygens (including phenoxy) is 2. The van der Waals surface area contributed by atoms with Crippen LogP contribution in [0.3, 0.4) is 0 Å². The van der Waals surface area contributed by atoms with Gasteiger partial charge in [0.05, 0.1) is 13.7 Å². The predicted molar refractivity (Wildman–Crippen MR) is 71.2 cm³/mol. The van der Waals surface area contributed by atoms with Gasteiger partial charge in [0, 0.05) is 18.5 Å². The van der Waals surface area contributed by atoms with Gasteiger partial charge in [0.2, 0.25) is 0 Å². The van der Waals surface area contributed by atoms with Crippen molar-refractivity contribution >= 4 is 11.9 Å². The monoisotopic (exact) mass is 283 g/mol. The molecule has 0 aliphatic rings. The number of benzene rings is 1. The third kappa shape index (κ3) is 4.87. The number of hydrogen-bond donors (Lipinski definition) is 1. The SMILES string of the molecule is CCOC(=O)CCCNC(=O)c1ccc(F)c(OC)c1. The van der Waals surface area contributed by atoms with Crippen LogP contribution in [0.4, 0.5) is 4.39 Å². The van der Waals surface area contributed by atoms with Crippen molar-refractivity contribution in [2.75, 3.05) is 20.3 Å². The molecule has 5 nitrogen and oxygen atoms in total. The zero-order chi connectivity index (χ0) is 15.0. The number of nitrogens with one attached hydrogen (secondary N) is 1. The lowest BCUT2D eigenvalue weighted by Crippen LogP contribution is -2.25. The Morgan fingerprint density at radius 3 is 2.75 bits per heavy atom. The zero-order valence-electron chi connectivity index (χ0n) is 11.6. The first kappa shape index (κ1) is 15.9. The van der Waals surface area contributed by atoms with E-state index in [-0.39, 0.29) is 24.0 Å². The molecule has 1 N–H and O–H groups in total. The Morgan fingerprint density at radius 2 is 2.10 bits per heavy atom. The quantitative estimate of drug-likeness (QED) is 0.613. The number of hydrogen-bond acceptors (Lipinski definition) is 4. The van der Waals surface area contributed by atoms with E-state index in [1.54, 1.807) is 6.92 Å². The van der Waals surface area contributed by atoms with Gasteiger partial charge in [-0.25, -0.2) is 4.39 Å². The number of methoxy groups -OCH3 is 1. The van der Waals surface area contributed by atoms with Crippen LogP contribution in [0.5, 0.6) is 5.75 Å². The maximum Gasteiger partial charge on any atom is 0.305 e. The molecule has 1 aromatic rings. The Morgan fingerprint density at radius 1 is 1.35 bits per heavy atom. The average Bonchev–Trinajstić information content (AvgIpc) is 2.44. The summed E-state index contributed by atoms with van der Waals surface area (Å²) in [4.78, 5) is 22.9. The van der Waals surface area contributed by atoms with Gasteiger partial charge in [0.1, 0.15) is 0 Å². The molecule has 0 atom stereocenters. The van der Waals surface area contributed by atoms with E-state index in [1.165, 1.54) is 25.3 Å². The van der Waals surface area contributed by atoms with Crippen molar-refractivity contribution in [3.05, 3.63) is 29.6 Å². The molecule has 0 saturated heterocycles. The van der Waals surface area contributed by atoms with Gasteiger partial charge in [-0.2, -0.15) is 0 Å². The molecule has 0 spiro atoms. The maximum absolute atomic E-state index is 13.2. The Bertz CT molecular complexity index is 476. The Balaban J connectivity index is 2.41. The van der Waals surface area contributed by atoms with Crippen LogP contribution >= 0.6 is 0 Å². The maximum atomic E-state index is 13.2. The minimum Gasteiger partial charge on any atom is -0.494 e. The predicted octanol–water partition coefficient (Wildman–Crippen LogP) is 1.91. The molecule has 1 aromatic carbocycles. The lowest BCUT2D eigenvalue weighted by atomic mass is 10.2. The molecule has 6 heteroatoms. The summed E-state index contributed by atoms with van der Waals surface area (Å²) >= 11 is 0. The lowest BCUT2D eigenvalue weighted by molar-refractivity contribution is -0.143. The van der Waals surface area contributed by atoms with Gasteiger partial charge >= 0.3 is 5.97 Å². The van der Waals surface area contributed by atoms with Crippen molar-refractivity contribution < 1.29 is 23.5 Å². The van der Waals surface area contributed by atoms with E-state index in [4.69, 9.17) is 9.47 Å². The highest BCUT2D eigenvalue weighted by Gasteiger charge is 2.10. The van der Waals surface area contributed by atoms with Crippen molar-refractivity contribution in [2.24, 2.45) is 0 Å². The molecule has 0 aromatic heterocycles. The largest absolute Gasteiger partial charge is 0.494 e. The first-order valence-electron chi connectivity index (χ1n) is 6.35. The van der Waals surface area contributed by atoms with Crippen molar-refractivity contribution in [2.45, 2.75) is 19.8 Å². The molecule has 0 bridgehead atoms. The Kier molecular flexibility index (Phi) is 6.49. The van der Waals surface area contributed by atoms with Gasteiger partial charge in [-0.1, -0.05) is 0 Å². The fourth-order valence-electron chi connectivity index (χ4n) is 1.57. The van der Waals surface area contributed by atoms with Crippen LogP contribution < -0.4 is 10.1 Å². The first-order chi connectivity index (χ1) is 9.58. The molecular weight excluding hydrogens is 265 g/mol. The molecule has 0 aliphatic heterocycles. The van der Waals surface area contributed by atoms with E-state index in [0.29, 0.717) is 25.1 Å². The molecule has 0 aliphatic carbocycles. The van der Waals surface area contributed by atoms with Crippen molar-refractivity contribution in [1.29, 1.82) is 0 Å². The second-order valence-corrected chi connectivity index (χ2v) is 4.01. The minimum absolute atomic E-state index is 0.0178. The van der Waals surface area contributed by atoms with Crippen molar-refractivity contribution in [1.82, 2.24) is 5.32 Å². The Labute approximate surface area is 117 Å². The number of rotatable bonds is 7. The second kappa shape index (κ2) is 8.14. The van der Waals surface area contributed by atoms with Crippen LogP contribution in [0.2, 0.25) is 0 Å². The molecule has 0 unspecified atom stereocenters. The summed E-state index contributed by atoms with van der Waals surface area (Å²) in [6, 6.07) is 3.88. The van der Waals surface area contributed by atoms with Gasteiger partial charge in [-0.05, 0) is 31.5 Å². The summed E-state index contributed by atoms with van der Waals surface area (Å²) in [5.74, 6) is -1.13. The lowest BCUT2D eigenvalue weighted by Gasteiger charge is -2.07. The van der Waals surface area contributed by atoms with E-state index in [9.17, 15) is 14.0 Å². The molecule has 0 radical (unpaired) electrons. The van der Waals surface area contributed by atoms with Crippen molar-refractivity contribution in [3.8, 4) is 5.75 Å². The number of amides is 1. The van der Waals surface area contributed by atoms with Gasteiger partial charge in [-0.3, -0.25) is 9.59 Å². The topological polar surface area (TPSA) is 64.6 Å². The summed E-state index contributed by atoms with van der Waals surface area (Å²) in [6.07, 6.45) is 0.740. The molecular formula is C14H18FNO4. The van der Waals surface area contributed by atoms with E-state index in [1.807, 2.05) is 0 Å². The molecule has 20 heavy (non-hydrogen) atoms. The highest BCUT2D eigenvalue weighted by Crippen LogP contribution is 2.18. The summed E-state index contributed by atoms with van der Waals surface area (Å²) in [7, 11) is 1.33. The zero-order valence-corrected chi connectivity index (χ0v) is 11.6. The summed E-state index contributed by atoms with van der Waals surface area (Å²) in [5, 5.41) is 2.64. The van der Waals surface area contributed by atoms with E-state index in [2.05, 4.69) is 5.32 Å². The average molecular weight is 283 g/mol. The smallest absolute Gasteiger partial charge is 0.305 e. The third-order valence-corrected chi connectivity index (χ3v) is 2.56. The molecule has 1 amide bonds. The fourth-order valence-corrected chi connectivity index (χ4v) is 1.57. The number of carbonyl (C=O) groups excluding carboxylic acids is 2. The fraction of sp³-hybridized carbons (Fsp3) is 0.429. The van der Waals surface area contributed by atoms with Crippen LogP contribution in [-0.4, -0.2) is 32.1 Å². The van der Waals surface area contributed by atoms with Crippen molar-refractivity contribution in [3.63, 3.8) is 0 Å². The highest BCUT2D eigenvalue weighted by molar-refractivity contribution is 5.94. The second-order valence-electron chi connectivity index (χ2n) is 4.01. The summed E-state index contributed by atoms with van der Waals surface area (Å²) in [6.45, 7) is 2.43. The van der Waals surface area contributed by atoms with Crippen LogP contribution in [0.15, 0.2) is 18.2 Å². The van der Waals surface area contributed by atoms with Gasteiger partial charge < -0.3 is 14.8 Å². The van der Waals surface area contributed by atoms with Gasteiger partial charge in [-0.15, -0.1) is 0 Å². The molecule has 0 heterocycles. The number of carbonyl (C=O) groups is 2. The summed E-state index contributed by atoms with van der Waals surface area (Å²) in [5.41, 5.74) is 0.305. The minimum atomic E-state index is -0.522. The number of esters is 1. The highest BCUT2D eigenvalue weighted by atomic mass is 19.1. The van der Waals surface area contributed by atoms with Gasteiger partial charge in [0.25, 0.3) is 5.91 Å². The first-order valence-corrected chi connectivity index (χ1v) is 6.35. The van der Waals surface area contributed by atoms with Crippen LogP contribution in [-0.2, 0) is 9.53 Å². The Hall–Kier alpha value is -2.11. The normalized spacial score (nSPS) is 9.95. The van der Waals surface area contributed by atoms with Gasteiger partial charge in [0.15, 0.2) is 11.6 Å². The van der Waals surface area contributed by atoms with E-state index < -0.39 is 5.82 Å². The van der Waals surface area contributed by atoms with Crippen LogP contribution in [0, 0.1) is 5.82 Å². The van der Waals surface area contributed by atoms with Crippen LogP contribution in [0.1, 0.15) is 30.1 Å².